The van der Waals surface area contributed by atoms with Gasteiger partial charge in [0.15, 0.2) is 5.78 Å². The number of rotatable bonds is 8. The van der Waals surface area contributed by atoms with E-state index in [1.165, 1.54) is 30.3 Å². The van der Waals surface area contributed by atoms with Gasteiger partial charge < -0.3 is 9.47 Å². The van der Waals surface area contributed by atoms with Gasteiger partial charge in [-0.1, -0.05) is 32.1 Å². The first-order chi connectivity index (χ1) is 11.9. The van der Waals surface area contributed by atoms with Crippen LogP contribution in [-0.4, -0.2) is 19.0 Å². The van der Waals surface area contributed by atoms with Crippen LogP contribution in [0.15, 0.2) is 54.6 Å². The first-order valence-electron chi connectivity index (χ1n) is 7.94. The van der Waals surface area contributed by atoms with E-state index in [0.717, 1.165) is 11.3 Å². The van der Waals surface area contributed by atoms with Crippen LogP contribution in [0.3, 0.4) is 0 Å². The Morgan fingerprint density at radius 1 is 1.08 bits per heavy atom. The lowest BCUT2D eigenvalue weighted by molar-refractivity contribution is -0.0498. The molecular formula is C20H20F2O3. The topological polar surface area (TPSA) is 35.5 Å². The van der Waals surface area contributed by atoms with Gasteiger partial charge in [0.1, 0.15) is 11.5 Å². The van der Waals surface area contributed by atoms with Crippen LogP contribution in [0.25, 0.3) is 6.08 Å². The minimum absolute atomic E-state index is 0.0190. The van der Waals surface area contributed by atoms with Crippen molar-refractivity contribution in [2.45, 2.75) is 20.5 Å². The Labute approximate surface area is 145 Å². The van der Waals surface area contributed by atoms with Gasteiger partial charge in [0.25, 0.3) is 0 Å². The molecule has 0 heterocycles. The number of carbonyl (C=O) groups is 1. The highest BCUT2D eigenvalue weighted by atomic mass is 19.3. The maximum atomic E-state index is 12.1. The molecule has 0 radical (unpaired) electrons. The Kier molecular flexibility index (Phi) is 6.69. The summed E-state index contributed by atoms with van der Waals surface area (Å²) >= 11 is 0. The lowest BCUT2D eigenvalue weighted by Crippen LogP contribution is -2.04. The zero-order valence-electron chi connectivity index (χ0n) is 14.1. The summed E-state index contributed by atoms with van der Waals surface area (Å²) in [5.74, 6) is 0.970. The zero-order valence-corrected chi connectivity index (χ0v) is 14.1. The highest BCUT2D eigenvalue weighted by Crippen LogP contribution is 2.17. The van der Waals surface area contributed by atoms with Gasteiger partial charge in [-0.25, -0.2) is 0 Å². The van der Waals surface area contributed by atoms with E-state index in [2.05, 4.69) is 18.6 Å². The fourth-order valence-electron chi connectivity index (χ4n) is 2.04. The summed E-state index contributed by atoms with van der Waals surface area (Å²) in [7, 11) is 0. The van der Waals surface area contributed by atoms with Crippen molar-refractivity contribution < 1.29 is 23.0 Å². The molecule has 0 spiro atoms. The van der Waals surface area contributed by atoms with Gasteiger partial charge in [-0.2, -0.15) is 8.78 Å². The van der Waals surface area contributed by atoms with E-state index in [4.69, 9.17) is 4.74 Å². The molecule has 2 aromatic carbocycles. The predicted octanol–water partition coefficient (Wildman–Crippen LogP) is 5.22. The smallest absolute Gasteiger partial charge is 0.387 e. The predicted molar refractivity (Wildman–Crippen MR) is 93.2 cm³/mol. The maximum Gasteiger partial charge on any atom is 0.387 e. The highest BCUT2D eigenvalue weighted by Gasteiger charge is 2.06. The molecule has 25 heavy (non-hydrogen) atoms. The second kappa shape index (κ2) is 8.97. The molecule has 0 fully saturated rings. The van der Waals surface area contributed by atoms with Crippen molar-refractivity contribution in [1.82, 2.24) is 0 Å². The number of alkyl halides is 2. The molecule has 0 amide bonds. The minimum atomic E-state index is -2.88. The van der Waals surface area contributed by atoms with Crippen LogP contribution in [-0.2, 0) is 0 Å². The summed E-state index contributed by atoms with van der Waals surface area (Å²) in [6, 6.07) is 13.0. The third-order valence-corrected chi connectivity index (χ3v) is 3.23. The summed E-state index contributed by atoms with van der Waals surface area (Å²) in [5, 5.41) is 0. The van der Waals surface area contributed by atoms with Crippen molar-refractivity contribution in [2.24, 2.45) is 5.92 Å². The van der Waals surface area contributed by atoms with Crippen molar-refractivity contribution in [3.63, 3.8) is 0 Å². The fraction of sp³-hybridized carbons (Fsp3) is 0.250. The van der Waals surface area contributed by atoms with Crippen molar-refractivity contribution >= 4 is 11.9 Å². The van der Waals surface area contributed by atoms with Gasteiger partial charge >= 0.3 is 6.61 Å². The van der Waals surface area contributed by atoms with Crippen LogP contribution in [0, 0.1) is 5.92 Å². The fourth-order valence-corrected chi connectivity index (χ4v) is 2.04. The summed E-state index contributed by atoms with van der Waals surface area (Å²) in [4.78, 5) is 12.1. The Morgan fingerprint density at radius 2 is 1.80 bits per heavy atom. The van der Waals surface area contributed by atoms with Gasteiger partial charge in [-0.05, 0) is 54.0 Å². The summed E-state index contributed by atoms with van der Waals surface area (Å²) in [6.07, 6.45) is 3.12. The normalized spacial score (nSPS) is 11.3. The van der Waals surface area contributed by atoms with E-state index >= 15 is 0 Å². The number of ketones is 1. The van der Waals surface area contributed by atoms with Crippen molar-refractivity contribution in [2.75, 3.05) is 6.61 Å². The molecule has 0 aliphatic heterocycles. The van der Waals surface area contributed by atoms with Crippen LogP contribution in [0.5, 0.6) is 11.5 Å². The van der Waals surface area contributed by atoms with Gasteiger partial charge in [0, 0.05) is 5.56 Å². The Balaban J connectivity index is 2.01. The molecule has 5 heteroatoms. The van der Waals surface area contributed by atoms with E-state index in [9.17, 15) is 13.6 Å². The number of carbonyl (C=O) groups excluding carboxylic acids is 1. The zero-order chi connectivity index (χ0) is 18.2. The van der Waals surface area contributed by atoms with Gasteiger partial charge in [0.05, 0.1) is 6.61 Å². The molecular weight excluding hydrogens is 326 g/mol. The average molecular weight is 346 g/mol. The standard InChI is InChI=1S/C20H20F2O3/c1-14(2)13-24-18-5-3-4-15(12-18)6-11-19(23)16-7-9-17(10-8-16)25-20(21)22/h3-12,14,20H,13H2,1-2H3/b11-6+. The second-order valence-corrected chi connectivity index (χ2v) is 5.88. The number of allylic oxidation sites excluding steroid dienone is 1. The summed E-state index contributed by atoms with van der Waals surface area (Å²) < 4.78 is 34.1. The summed E-state index contributed by atoms with van der Waals surface area (Å²) in [6.45, 7) is 1.88. The summed E-state index contributed by atoms with van der Waals surface area (Å²) in [5.41, 5.74) is 1.23. The third kappa shape index (κ3) is 6.37. The number of benzene rings is 2. The largest absolute Gasteiger partial charge is 0.493 e. The number of halogens is 2. The first-order valence-corrected chi connectivity index (χ1v) is 7.94. The molecule has 0 N–H and O–H groups in total. The van der Waals surface area contributed by atoms with Crippen molar-refractivity contribution in [3.8, 4) is 11.5 Å². The highest BCUT2D eigenvalue weighted by molar-refractivity contribution is 6.06. The first kappa shape index (κ1) is 18.6. The van der Waals surface area contributed by atoms with Crippen LogP contribution in [0.2, 0.25) is 0 Å². The monoisotopic (exact) mass is 346 g/mol. The van der Waals surface area contributed by atoms with E-state index in [-0.39, 0.29) is 11.5 Å². The van der Waals surface area contributed by atoms with E-state index in [1.54, 1.807) is 6.08 Å². The Hall–Kier alpha value is -2.69. The van der Waals surface area contributed by atoms with Crippen molar-refractivity contribution in [1.29, 1.82) is 0 Å². The molecule has 0 saturated carbocycles. The van der Waals surface area contributed by atoms with Gasteiger partial charge in [-0.3, -0.25) is 4.79 Å². The van der Waals surface area contributed by atoms with Gasteiger partial charge in [0.2, 0.25) is 0 Å². The Morgan fingerprint density at radius 3 is 2.44 bits per heavy atom. The molecule has 2 aromatic rings. The molecule has 2 rings (SSSR count). The van der Waals surface area contributed by atoms with E-state index in [1.807, 2.05) is 24.3 Å². The van der Waals surface area contributed by atoms with Crippen LogP contribution >= 0.6 is 0 Å². The van der Waals surface area contributed by atoms with E-state index < -0.39 is 6.61 Å². The molecule has 0 aliphatic rings. The lowest BCUT2D eigenvalue weighted by atomic mass is 10.1. The second-order valence-electron chi connectivity index (χ2n) is 5.88. The molecule has 3 nitrogen and oxygen atoms in total. The number of hydrogen-bond donors (Lipinski definition) is 0. The molecule has 0 aliphatic carbocycles. The molecule has 0 bridgehead atoms. The molecule has 132 valence electrons. The molecule has 0 aromatic heterocycles. The third-order valence-electron chi connectivity index (χ3n) is 3.23. The molecule has 0 saturated heterocycles. The van der Waals surface area contributed by atoms with Crippen LogP contribution in [0.4, 0.5) is 8.78 Å². The Bertz CT molecular complexity index is 722. The van der Waals surface area contributed by atoms with Crippen molar-refractivity contribution in [3.05, 3.63) is 65.7 Å². The quantitative estimate of drug-likeness (QED) is 0.486. The molecule has 0 unspecified atom stereocenters. The molecule has 0 atom stereocenters. The van der Waals surface area contributed by atoms with E-state index in [0.29, 0.717) is 18.1 Å². The maximum absolute atomic E-state index is 12.1. The average Bonchev–Trinajstić information content (AvgIpc) is 2.58. The van der Waals surface area contributed by atoms with Crippen LogP contribution < -0.4 is 9.47 Å². The number of hydrogen-bond acceptors (Lipinski definition) is 3. The van der Waals surface area contributed by atoms with Gasteiger partial charge in [-0.15, -0.1) is 0 Å². The SMILES string of the molecule is CC(C)COc1cccc(/C=C/C(=O)c2ccc(OC(F)F)cc2)c1. The minimum Gasteiger partial charge on any atom is -0.493 e. The lowest BCUT2D eigenvalue weighted by Gasteiger charge is -2.08. The van der Waals surface area contributed by atoms with Crippen LogP contribution in [0.1, 0.15) is 29.8 Å². The number of ether oxygens (including phenoxy) is 2.